The molecule has 342 valence electrons. The standard InChI is InChI=1S/C47H78N2O11/c1-8-37-41(54)40(53)30(5)49(22-10-13-35(51)42(27(2)24-28(3)43(55)59-37)60-38-14-9-12-29(4)58-38)23-11-21-48-44(56)47(57)20-18-34-33-16-15-31-25-32(50)17-19-45(31,6)39(33)36(52)26-46(34,47)7/h25,27-30,33-42,51-54,57H,8-24,26H2,1-7H3,(H,48,56)/t27-,28+,29+,30+,33?,34?,35+,36?,37+,38-,39?,40+,41+,42?,45-,46-,47-/m0/s1. The van der Waals surface area contributed by atoms with E-state index in [4.69, 9.17) is 14.2 Å². The maximum Gasteiger partial charge on any atom is 0.309 e. The van der Waals surface area contributed by atoms with Crippen LogP contribution in [0.1, 0.15) is 145 Å². The molecule has 2 aliphatic heterocycles. The second kappa shape index (κ2) is 19.4. The second-order valence-electron chi connectivity index (χ2n) is 20.5. The smallest absolute Gasteiger partial charge is 0.309 e. The van der Waals surface area contributed by atoms with Crippen LogP contribution < -0.4 is 5.32 Å². The van der Waals surface area contributed by atoms with Crippen LogP contribution in [0.2, 0.25) is 0 Å². The van der Waals surface area contributed by atoms with Crippen molar-refractivity contribution in [3.05, 3.63) is 11.6 Å². The fourth-order valence-electron chi connectivity index (χ4n) is 12.9. The first-order valence-corrected chi connectivity index (χ1v) is 23.6. The number of nitrogens with one attached hydrogen (secondary N) is 1. The van der Waals surface area contributed by atoms with E-state index < -0.39 is 77.8 Å². The zero-order valence-corrected chi connectivity index (χ0v) is 37.5. The summed E-state index contributed by atoms with van der Waals surface area (Å²) in [6.07, 6.45) is 4.85. The predicted octanol–water partition coefficient (Wildman–Crippen LogP) is 4.58. The molecule has 3 saturated carbocycles. The van der Waals surface area contributed by atoms with Crippen LogP contribution in [0, 0.1) is 40.4 Å². The lowest BCUT2D eigenvalue weighted by Crippen LogP contribution is -2.63. The number of esters is 1. The zero-order chi connectivity index (χ0) is 43.7. The van der Waals surface area contributed by atoms with Crippen molar-refractivity contribution < 1.29 is 54.1 Å². The van der Waals surface area contributed by atoms with E-state index in [0.29, 0.717) is 70.9 Å². The predicted molar refractivity (Wildman–Crippen MR) is 225 cm³/mol. The SMILES string of the molecule is CC[C@H]1OC(=O)[C@H](C)C[C@H](C)C(O[C@H]2CCC[C@@H](C)O2)[C@H](O)CCCN(CCCNC(=O)[C@@]2(O)CCC3C4CCC5=CC(=O)CC[C@]5(C)C4C(O)C[C@@]32C)[C@H](C)[C@@H](O)[C@@H]1O. The van der Waals surface area contributed by atoms with Crippen LogP contribution in [0.3, 0.4) is 0 Å². The zero-order valence-electron chi connectivity index (χ0n) is 37.5. The lowest BCUT2D eigenvalue weighted by Gasteiger charge is -2.60. The number of fused-ring (bicyclic) bond motifs is 5. The molecule has 60 heavy (non-hydrogen) atoms. The summed E-state index contributed by atoms with van der Waals surface area (Å²) >= 11 is 0. The molecular formula is C47H78N2O11. The number of hydrogen-bond acceptors (Lipinski definition) is 12. The largest absolute Gasteiger partial charge is 0.459 e. The molecule has 13 heteroatoms. The van der Waals surface area contributed by atoms with Crippen molar-refractivity contribution in [3.63, 3.8) is 0 Å². The van der Waals surface area contributed by atoms with Crippen molar-refractivity contribution in [1.29, 1.82) is 0 Å². The van der Waals surface area contributed by atoms with E-state index in [-0.39, 0.29) is 47.5 Å². The highest BCUT2D eigenvalue weighted by Crippen LogP contribution is 2.67. The Morgan fingerprint density at radius 3 is 2.42 bits per heavy atom. The average molecular weight is 847 g/mol. The summed E-state index contributed by atoms with van der Waals surface area (Å²) in [5.74, 6) is -1.25. The minimum atomic E-state index is -1.64. The number of amides is 1. The number of allylic oxidation sites excluding steroid dienone is 1. The van der Waals surface area contributed by atoms with E-state index in [1.807, 2.05) is 45.6 Å². The summed E-state index contributed by atoms with van der Waals surface area (Å²) in [5, 5.41) is 61.7. The number of aliphatic hydroxyl groups excluding tert-OH is 4. The highest BCUT2D eigenvalue weighted by atomic mass is 16.7. The third-order valence-electron chi connectivity index (χ3n) is 16.6. The Hall–Kier alpha value is -1.97. The van der Waals surface area contributed by atoms with Gasteiger partial charge in [-0.15, -0.1) is 0 Å². The van der Waals surface area contributed by atoms with Crippen molar-refractivity contribution in [1.82, 2.24) is 10.2 Å². The van der Waals surface area contributed by atoms with Gasteiger partial charge in [-0.05, 0) is 145 Å². The van der Waals surface area contributed by atoms with Crippen LogP contribution in [-0.2, 0) is 28.6 Å². The number of carbonyl (C=O) groups excluding carboxylic acids is 3. The van der Waals surface area contributed by atoms with Gasteiger partial charge in [0.1, 0.15) is 17.8 Å². The number of aliphatic hydroxyl groups is 5. The summed E-state index contributed by atoms with van der Waals surface area (Å²) < 4.78 is 18.4. The summed E-state index contributed by atoms with van der Waals surface area (Å²) in [7, 11) is 0. The van der Waals surface area contributed by atoms with E-state index in [2.05, 4.69) is 12.2 Å². The molecule has 5 fully saturated rings. The van der Waals surface area contributed by atoms with Gasteiger partial charge in [-0.1, -0.05) is 40.2 Å². The molecule has 0 spiro atoms. The lowest BCUT2D eigenvalue weighted by molar-refractivity contribution is -0.236. The van der Waals surface area contributed by atoms with Gasteiger partial charge in [0.25, 0.3) is 5.91 Å². The van der Waals surface area contributed by atoms with Crippen LogP contribution >= 0.6 is 0 Å². The molecule has 13 nitrogen and oxygen atoms in total. The highest BCUT2D eigenvalue weighted by Gasteiger charge is 2.68. The fourth-order valence-corrected chi connectivity index (χ4v) is 12.9. The molecule has 1 amide bonds. The first-order valence-electron chi connectivity index (χ1n) is 23.6. The quantitative estimate of drug-likeness (QED) is 0.147. The maximum absolute atomic E-state index is 14.1. The Morgan fingerprint density at radius 2 is 1.70 bits per heavy atom. The van der Waals surface area contributed by atoms with Gasteiger partial charge in [0.15, 0.2) is 12.1 Å². The second-order valence-corrected chi connectivity index (χ2v) is 20.5. The monoisotopic (exact) mass is 847 g/mol. The average Bonchev–Trinajstić information content (AvgIpc) is 3.48. The molecular weight excluding hydrogens is 769 g/mol. The van der Waals surface area contributed by atoms with Gasteiger partial charge < -0.3 is 45.1 Å². The van der Waals surface area contributed by atoms with Crippen LogP contribution in [0.4, 0.5) is 0 Å². The first-order chi connectivity index (χ1) is 28.3. The molecule has 0 aromatic rings. The lowest BCUT2D eigenvalue weighted by atomic mass is 9.45. The Balaban J connectivity index is 1.11. The van der Waals surface area contributed by atoms with E-state index in [1.165, 1.54) is 0 Å². The number of cyclic esters (lactones) is 1. The molecule has 6 aliphatic rings. The molecule has 6 rings (SSSR count). The summed E-state index contributed by atoms with van der Waals surface area (Å²) in [6.45, 7) is 14.8. The topological polar surface area (TPSA) is 195 Å². The normalized spacial score (nSPS) is 46.2. The molecule has 0 radical (unpaired) electrons. The molecule has 6 N–H and O–H groups in total. The van der Waals surface area contributed by atoms with Gasteiger partial charge in [0, 0.05) is 31.0 Å². The fraction of sp³-hybridized carbons (Fsp3) is 0.894. The number of nitrogens with zero attached hydrogens (tertiary/aromatic N) is 1. The third kappa shape index (κ3) is 9.45. The van der Waals surface area contributed by atoms with E-state index in [9.17, 15) is 39.9 Å². The van der Waals surface area contributed by atoms with Gasteiger partial charge in [0.2, 0.25) is 0 Å². The van der Waals surface area contributed by atoms with Gasteiger partial charge in [-0.2, -0.15) is 0 Å². The van der Waals surface area contributed by atoms with Crippen molar-refractivity contribution in [2.45, 2.75) is 205 Å². The van der Waals surface area contributed by atoms with Gasteiger partial charge in [-0.3, -0.25) is 19.3 Å². The van der Waals surface area contributed by atoms with Gasteiger partial charge >= 0.3 is 5.97 Å². The van der Waals surface area contributed by atoms with Crippen molar-refractivity contribution in [2.75, 3.05) is 19.6 Å². The Bertz CT molecular complexity index is 1540. The Kier molecular flexibility index (Phi) is 15.4. The Morgan fingerprint density at radius 1 is 0.950 bits per heavy atom. The highest BCUT2D eigenvalue weighted by molar-refractivity contribution is 5.91. The molecule has 4 aliphatic carbocycles. The van der Waals surface area contributed by atoms with Gasteiger partial charge in [0.05, 0.1) is 36.4 Å². The number of hydrogen-bond donors (Lipinski definition) is 6. The van der Waals surface area contributed by atoms with Crippen LogP contribution in [0.5, 0.6) is 0 Å². The van der Waals surface area contributed by atoms with E-state index in [0.717, 1.165) is 44.1 Å². The van der Waals surface area contributed by atoms with Crippen LogP contribution in [-0.4, -0.2) is 128 Å². The van der Waals surface area contributed by atoms with Crippen molar-refractivity contribution in [3.8, 4) is 0 Å². The maximum atomic E-state index is 14.1. The number of rotatable bonds is 8. The Labute approximate surface area is 358 Å². The van der Waals surface area contributed by atoms with E-state index in [1.54, 1.807) is 6.92 Å². The molecule has 0 bridgehead atoms. The molecule has 2 heterocycles. The molecule has 17 atom stereocenters. The van der Waals surface area contributed by atoms with Gasteiger partial charge in [-0.25, -0.2) is 0 Å². The van der Waals surface area contributed by atoms with E-state index >= 15 is 0 Å². The third-order valence-corrected chi connectivity index (χ3v) is 16.6. The number of carbonyl (C=O) groups is 3. The number of ether oxygens (including phenoxy) is 3. The summed E-state index contributed by atoms with van der Waals surface area (Å²) in [5.41, 5.74) is -1.55. The first kappa shape index (κ1) is 47.5. The molecule has 5 unspecified atom stereocenters. The summed E-state index contributed by atoms with van der Waals surface area (Å²) in [4.78, 5) is 41.8. The van der Waals surface area contributed by atoms with Crippen LogP contribution in [0.15, 0.2) is 11.6 Å². The minimum Gasteiger partial charge on any atom is -0.459 e. The van der Waals surface area contributed by atoms with Crippen molar-refractivity contribution in [2.24, 2.45) is 40.4 Å². The molecule has 2 saturated heterocycles. The molecule has 0 aromatic heterocycles. The summed E-state index contributed by atoms with van der Waals surface area (Å²) in [6, 6.07) is -0.559. The molecule has 0 aromatic carbocycles. The van der Waals surface area contributed by atoms with Crippen LogP contribution in [0.25, 0.3) is 0 Å². The number of ketones is 1. The van der Waals surface area contributed by atoms with Crippen molar-refractivity contribution >= 4 is 17.7 Å². The minimum absolute atomic E-state index is 0.0101.